The van der Waals surface area contributed by atoms with Crippen molar-refractivity contribution in [2.24, 2.45) is 46.3 Å². The van der Waals surface area contributed by atoms with Gasteiger partial charge < -0.3 is 20.6 Å². The van der Waals surface area contributed by atoms with E-state index in [4.69, 9.17) is 0 Å². The SMILES string of the molecule is CSCCC(NC(=O)CC[C@@H](C)[C@H]1CC[C@H]2[C@@H]3[C@H](O)C[C@@H]4C[C@H](O)CC[C@]4(C)[C@H]3CC[C@]12C)C(=O)O. The van der Waals surface area contributed by atoms with Gasteiger partial charge in [0.15, 0.2) is 0 Å². The van der Waals surface area contributed by atoms with Crippen LogP contribution in [0.1, 0.15) is 91.4 Å². The number of hydrogen-bond acceptors (Lipinski definition) is 5. The number of aliphatic hydroxyl groups excluding tert-OH is 2. The molecule has 4 aliphatic carbocycles. The van der Waals surface area contributed by atoms with Gasteiger partial charge in [0.25, 0.3) is 0 Å². The predicted molar refractivity (Wildman–Crippen MR) is 144 cm³/mol. The van der Waals surface area contributed by atoms with Crippen molar-refractivity contribution < 1.29 is 24.9 Å². The first kappa shape index (κ1) is 28.2. The van der Waals surface area contributed by atoms with Crippen LogP contribution in [0.2, 0.25) is 0 Å². The summed E-state index contributed by atoms with van der Waals surface area (Å²) in [6.07, 6.45) is 11.4. The van der Waals surface area contributed by atoms with Crippen LogP contribution in [0.25, 0.3) is 0 Å². The first-order valence-corrected chi connectivity index (χ1v) is 15.8. The van der Waals surface area contributed by atoms with E-state index >= 15 is 0 Å². The van der Waals surface area contributed by atoms with Gasteiger partial charge in [-0.05, 0) is 123 Å². The third-order valence-electron chi connectivity index (χ3n) is 11.5. The van der Waals surface area contributed by atoms with Gasteiger partial charge in [-0.2, -0.15) is 11.8 Å². The highest BCUT2D eigenvalue weighted by Crippen LogP contribution is 2.68. The number of hydrogen-bond donors (Lipinski definition) is 4. The van der Waals surface area contributed by atoms with Gasteiger partial charge in [0.05, 0.1) is 12.2 Å². The number of carbonyl (C=O) groups is 2. The Balaban J connectivity index is 1.39. The summed E-state index contributed by atoms with van der Waals surface area (Å²) in [6, 6.07) is -0.803. The van der Waals surface area contributed by atoms with E-state index in [9.17, 15) is 24.9 Å². The van der Waals surface area contributed by atoms with Crippen molar-refractivity contribution >= 4 is 23.6 Å². The molecule has 0 saturated heterocycles. The first-order chi connectivity index (χ1) is 17.0. The fraction of sp³-hybridized carbons (Fsp3) is 0.931. The topological polar surface area (TPSA) is 107 Å². The molecule has 206 valence electrons. The van der Waals surface area contributed by atoms with Gasteiger partial charge >= 0.3 is 5.97 Å². The number of aliphatic carboxylic acids is 1. The molecule has 0 bridgehead atoms. The molecule has 4 N–H and O–H groups in total. The fourth-order valence-electron chi connectivity index (χ4n) is 9.50. The van der Waals surface area contributed by atoms with Gasteiger partial charge in [0.2, 0.25) is 5.91 Å². The zero-order valence-electron chi connectivity index (χ0n) is 22.7. The predicted octanol–water partition coefficient (Wildman–Crippen LogP) is 4.72. The second-order valence-corrected chi connectivity index (χ2v) is 14.2. The molecule has 4 fully saturated rings. The van der Waals surface area contributed by atoms with Gasteiger partial charge in [-0.3, -0.25) is 4.79 Å². The average Bonchev–Trinajstić information content (AvgIpc) is 3.18. The summed E-state index contributed by atoms with van der Waals surface area (Å²) in [5.41, 5.74) is 0.431. The largest absolute Gasteiger partial charge is 0.480 e. The van der Waals surface area contributed by atoms with Crippen LogP contribution in [0.15, 0.2) is 0 Å². The van der Waals surface area contributed by atoms with Crippen LogP contribution in [0.4, 0.5) is 0 Å². The molecule has 11 atom stereocenters. The molecule has 0 aromatic rings. The van der Waals surface area contributed by atoms with E-state index in [1.54, 1.807) is 11.8 Å². The fourth-order valence-corrected chi connectivity index (χ4v) is 9.97. The Kier molecular flexibility index (Phi) is 8.73. The first-order valence-electron chi connectivity index (χ1n) is 14.4. The van der Waals surface area contributed by atoms with Crippen LogP contribution in [0, 0.1) is 46.3 Å². The Morgan fingerprint density at radius 1 is 1.00 bits per heavy atom. The molecule has 4 rings (SSSR count). The maximum Gasteiger partial charge on any atom is 0.326 e. The maximum absolute atomic E-state index is 12.6. The van der Waals surface area contributed by atoms with Gasteiger partial charge in [-0.25, -0.2) is 4.79 Å². The molecule has 1 unspecified atom stereocenters. The third-order valence-corrected chi connectivity index (χ3v) is 12.1. The van der Waals surface area contributed by atoms with Crippen LogP contribution in [0.3, 0.4) is 0 Å². The molecule has 4 saturated carbocycles. The standard InChI is InChI=1S/C29H49NO5S/c1-17(5-8-25(33)30-23(27(34)35)11-14-36-4)20-6-7-21-26-22(10-13-29(20,21)3)28(2)12-9-19(31)15-18(28)16-24(26)32/h17-24,26,31-32H,5-16H2,1-4H3,(H,30,33)(H,34,35)/t17-,18+,19-,20-,21+,22+,23?,24-,26+,28+,29-/m1/s1. The number of carbonyl (C=O) groups excluding carboxylic acids is 1. The van der Waals surface area contributed by atoms with Crippen molar-refractivity contribution in [3.63, 3.8) is 0 Å². The Bertz CT molecular complexity index is 809. The lowest BCUT2D eigenvalue weighted by atomic mass is 9.43. The number of carboxylic acids is 1. The van der Waals surface area contributed by atoms with Crippen LogP contribution in [-0.2, 0) is 9.59 Å². The second-order valence-electron chi connectivity index (χ2n) is 13.2. The molecule has 36 heavy (non-hydrogen) atoms. The van der Waals surface area contributed by atoms with Crippen LogP contribution >= 0.6 is 11.8 Å². The molecule has 0 radical (unpaired) electrons. The molecule has 0 spiro atoms. The minimum Gasteiger partial charge on any atom is -0.480 e. The molecule has 4 aliphatic rings. The summed E-state index contributed by atoms with van der Waals surface area (Å²) in [5, 5.41) is 33.9. The van der Waals surface area contributed by atoms with Gasteiger partial charge in [0.1, 0.15) is 6.04 Å². The Hall–Kier alpha value is -0.790. The number of fused-ring (bicyclic) bond motifs is 5. The van der Waals surface area contributed by atoms with E-state index in [-0.39, 0.29) is 28.9 Å². The number of nitrogens with one attached hydrogen (secondary N) is 1. The smallest absolute Gasteiger partial charge is 0.326 e. The minimum absolute atomic E-state index is 0.153. The van der Waals surface area contributed by atoms with E-state index in [0.717, 1.165) is 51.4 Å². The lowest BCUT2D eigenvalue weighted by Gasteiger charge is -2.62. The van der Waals surface area contributed by atoms with Crippen molar-refractivity contribution in [2.75, 3.05) is 12.0 Å². The summed E-state index contributed by atoms with van der Waals surface area (Å²) in [5.74, 6) is 2.40. The summed E-state index contributed by atoms with van der Waals surface area (Å²) >= 11 is 1.59. The molecule has 7 heteroatoms. The maximum atomic E-state index is 12.6. The van der Waals surface area contributed by atoms with Crippen molar-refractivity contribution in [3.8, 4) is 0 Å². The monoisotopic (exact) mass is 523 g/mol. The van der Waals surface area contributed by atoms with E-state index < -0.39 is 12.0 Å². The summed E-state index contributed by atoms with van der Waals surface area (Å²) in [4.78, 5) is 24.1. The number of aliphatic hydroxyl groups is 2. The summed E-state index contributed by atoms with van der Waals surface area (Å²) in [7, 11) is 0. The van der Waals surface area contributed by atoms with E-state index in [1.165, 1.54) is 6.42 Å². The molecule has 0 aliphatic heterocycles. The molecule has 6 nitrogen and oxygen atoms in total. The van der Waals surface area contributed by atoms with Crippen LogP contribution in [0.5, 0.6) is 0 Å². The van der Waals surface area contributed by atoms with Crippen molar-refractivity contribution in [3.05, 3.63) is 0 Å². The zero-order chi connectivity index (χ0) is 26.3. The number of amides is 1. The highest BCUT2D eigenvalue weighted by Gasteiger charge is 2.62. The van der Waals surface area contributed by atoms with Crippen molar-refractivity contribution in [2.45, 2.75) is 110 Å². The van der Waals surface area contributed by atoms with E-state index in [1.807, 2.05) is 6.26 Å². The summed E-state index contributed by atoms with van der Waals surface area (Å²) in [6.45, 7) is 7.18. The lowest BCUT2D eigenvalue weighted by molar-refractivity contribution is -0.174. The molecule has 0 aromatic heterocycles. The minimum atomic E-state index is -0.956. The molecule has 0 aromatic carbocycles. The normalized spacial score (nSPS) is 43.6. The zero-order valence-corrected chi connectivity index (χ0v) is 23.6. The van der Waals surface area contributed by atoms with Crippen LogP contribution in [-0.4, -0.2) is 57.5 Å². The molecule has 1 amide bonds. The highest BCUT2D eigenvalue weighted by molar-refractivity contribution is 7.98. The highest BCUT2D eigenvalue weighted by atomic mass is 32.2. The van der Waals surface area contributed by atoms with Gasteiger partial charge in [0, 0.05) is 6.42 Å². The van der Waals surface area contributed by atoms with Crippen LogP contribution < -0.4 is 5.32 Å². The Labute approximate surface area is 221 Å². The average molecular weight is 524 g/mol. The van der Waals surface area contributed by atoms with Gasteiger partial charge in [-0.15, -0.1) is 0 Å². The Morgan fingerprint density at radius 2 is 1.69 bits per heavy atom. The van der Waals surface area contributed by atoms with Gasteiger partial charge in [-0.1, -0.05) is 20.8 Å². The summed E-state index contributed by atoms with van der Waals surface area (Å²) < 4.78 is 0. The van der Waals surface area contributed by atoms with E-state index in [2.05, 4.69) is 26.1 Å². The Morgan fingerprint density at radius 3 is 2.39 bits per heavy atom. The quantitative estimate of drug-likeness (QED) is 0.349. The number of thioether (sulfide) groups is 1. The molecular weight excluding hydrogens is 474 g/mol. The lowest BCUT2D eigenvalue weighted by Crippen LogP contribution is -2.58. The number of rotatable bonds is 9. The number of carboxylic acid groups (broad SMARTS) is 1. The third kappa shape index (κ3) is 5.22. The van der Waals surface area contributed by atoms with Crippen molar-refractivity contribution in [1.29, 1.82) is 0 Å². The molecule has 0 heterocycles. The second kappa shape index (κ2) is 11.1. The van der Waals surface area contributed by atoms with Crippen molar-refractivity contribution in [1.82, 2.24) is 5.32 Å². The van der Waals surface area contributed by atoms with E-state index in [0.29, 0.717) is 54.1 Å². The molecular formula is C29H49NO5S.